The number of benzene rings is 1. The lowest BCUT2D eigenvalue weighted by Gasteiger charge is -2.61. The summed E-state index contributed by atoms with van der Waals surface area (Å²) in [6, 6.07) is 5.33. The minimum Gasteiger partial charge on any atom is -0.399 e. The van der Waals surface area contributed by atoms with Crippen LogP contribution in [0.25, 0.3) is 0 Å². The van der Waals surface area contributed by atoms with E-state index >= 15 is 0 Å². The lowest BCUT2D eigenvalue weighted by atomic mass is 9.44. The maximum absolute atomic E-state index is 13.3. The van der Waals surface area contributed by atoms with Gasteiger partial charge in [-0.2, -0.15) is 0 Å². The predicted molar refractivity (Wildman–Crippen MR) is 169 cm³/mol. The molecule has 4 fully saturated rings. The van der Waals surface area contributed by atoms with E-state index < -0.39 is 0 Å². The first-order chi connectivity index (χ1) is 19.4. The first kappa shape index (κ1) is 30.4. The number of carbonyl (C=O) groups excluding carboxylic acids is 2. The van der Waals surface area contributed by atoms with Crippen LogP contribution in [-0.4, -0.2) is 17.9 Å². The monoisotopic (exact) mass is 563 g/mol. The fourth-order valence-electron chi connectivity index (χ4n) is 10.7. The van der Waals surface area contributed by atoms with Crippen molar-refractivity contribution in [2.45, 2.75) is 125 Å². The van der Waals surface area contributed by atoms with Gasteiger partial charge in [0, 0.05) is 18.7 Å². The highest BCUT2D eigenvalue weighted by atomic mass is 16.2. The third-order valence-electron chi connectivity index (χ3n) is 12.8. The van der Waals surface area contributed by atoms with Crippen molar-refractivity contribution in [3.05, 3.63) is 23.8 Å². The van der Waals surface area contributed by atoms with Crippen molar-refractivity contribution >= 4 is 23.2 Å². The lowest BCUT2D eigenvalue weighted by molar-refractivity contribution is -0.117. The zero-order chi connectivity index (χ0) is 29.5. The van der Waals surface area contributed by atoms with Gasteiger partial charge >= 0.3 is 0 Å². The van der Waals surface area contributed by atoms with Gasteiger partial charge in [-0.05, 0) is 128 Å². The molecule has 5 heteroatoms. The molecule has 2 unspecified atom stereocenters. The minimum absolute atomic E-state index is 0.107. The second-order valence-corrected chi connectivity index (χ2v) is 15.6. The van der Waals surface area contributed by atoms with Crippen molar-refractivity contribution < 1.29 is 9.59 Å². The Bertz CT molecular complexity index is 1120. The molecule has 0 bridgehead atoms. The molecular formula is C36H57N3O2. The summed E-state index contributed by atoms with van der Waals surface area (Å²) in [4.78, 5) is 25.1. The lowest BCUT2D eigenvalue weighted by Crippen LogP contribution is -2.55. The Balaban J connectivity index is 1.22. The number of hydrogen-bond acceptors (Lipinski definition) is 3. The highest BCUT2D eigenvalue weighted by Gasteiger charge is 2.60. The number of rotatable bonds is 8. The Hall–Kier alpha value is -2.04. The summed E-state index contributed by atoms with van der Waals surface area (Å²) in [6.45, 7) is 14.1. The molecule has 2 amide bonds. The normalized spacial score (nSPS) is 37.0. The van der Waals surface area contributed by atoms with Gasteiger partial charge < -0.3 is 16.4 Å². The summed E-state index contributed by atoms with van der Waals surface area (Å²) in [7, 11) is 0. The molecule has 0 aromatic heterocycles. The largest absolute Gasteiger partial charge is 0.399 e. The van der Waals surface area contributed by atoms with E-state index in [0.29, 0.717) is 33.7 Å². The summed E-state index contributed by atoms with van der Waals surface area (Å²) < 4.78 is 0. The average molecular weight is 564 g/mol. The van der Waals surface area contributed by atoms with Crippen LogP contribution in [0.3, 0.4) is 0 Å². The van der Waals surface area contributed by atoms with Gasteiger partial charge in [-0.1, -0.05) is 53.9 Å². The fourth-order valence-corrected chi connectivity index (χ4v) is 10.7. The number of carbonyl (C=O) groups is 2. The van der Waals surface area contributed by atoms with E-state index in [1.165, 1.54) is 71.1 Å². The fraction of sp³-hybridized carbons (Fsp3) is 0.778. The Labute approximate surface area is 249 Å². The zero-order valence-electron chi connectivity index (χ0n) is 26.7. The third kappa shape index (κ3) is 5.93. The number of nitrogens with two attached hydrogens (primary N) is 1. The van der Waals surface area contributed by atoms with Crippen molar-refractivity contribution in [2.24, 2.45) is 52.3 Å². The highest BCUT2D eigenvalue weighted by molar-refractivity contribution is 6.04. The van der Waals surface area contributed by atoms with Crippen LogP contribution in [0.5, 0.6) is 0 Å². The van der Waals surface area contributed by atoms with E-state index in [1.54, 1.807) is 18.2 Å². The van der Waals surface area contributed by atoms with E-state index in [1.807, 2.05) is 0 Å². The molecule has 9 atom stereocenters. The van der Waals surface area contributed by atoms with Gasteiger partial charge in [-0.15, -0.1) is 0 Å². The second kappa shape index (κ2) is 11.9. The summed E-state index contributed by atoms with van der Waals surface area (Å²) in [5.74, 6) is 5.61. The molecule has 5 rings (SSSR count). The number of amides is 2. The van der Waals surface area contributed by atoms with Crippen LogP contribution in [0.2, 0.25) is 0 Å². The van der Waals surface area contributed by atoms with Gasteiger partial charge in [-0.25, -0.2) is 0 Å². The van der Waals surface area contributed by atoms with E-state index in [9.17, 15) is 9.59 Å². The standard InChI is InChI=1S/C36H57N3O2/c1-22(2)8-7-9-23(3)30-14-15-31-28-12-10-25-20-27(16-18-35(25,5)32(28)17-19-36(30,31)6)39-34(41)29-13-11-26(37)21-33(29)38-24(4)40/h11,13,21-23,25,27-28,30-32H,7-10,12,14-20,37H2,1-6H3,(H,38,40)(H,39,41)/t23-,25?,27?,28+,30-,31+,32+,35+,36-/m1/s1. The molecule has 4 N–H and O–H groups in total. The molecule has 4 saturated carbocycles. The van der Waals surface area contributed by atoms with Crippen molar-refractivity contribution in [3.63, 3.8) is 0 Å². The topological polar surface area (TPSA) is 84.2 Å². The first-order valence-corrected chi connectivity index (χ1v) is 16.9. The molecule has 0 radical (unpaired) electrons. The maximum Gasteiger partial charge on any atom is 0.253 e. The van der Waals surface area contributed by atoms with Gasteiger partial charge in [0.15, 0.2) is 0 Å². The third-order valence-corrected chi connectivity index (χ3v) is 12.8. The van der Waals surface area contributed by atoms with Crippen LogP contribution >= 0.6 is 0 Å². The second-order valence-electron chi connectivity index (χ2n) is 15.6. The Morgan fingerprint density at radius 3 is 2.41 bits per heavy atom. The summed E-state index contributed by atoms with van der Waals surface area (Å²) in [5, 5.41) is 6.12. The Morgan fingerprint density at radius 1 is 0.951 bits per heavy atom. The van der Waals surface area contributed by atoms with Crippen LogP contribution in [0, 0.1) is 52.3 Å². The molecule has 0 heterocycles. The molecule has 1 aromatic rings. The van der Waals surface area contributed by atoms with E-state index in [4.69, 9.17) is 5.73 Å². The Kier molecular flexibility index (Phi) is 8.84. The average Bonchev–Trinajstić information content (AvgIpc) is 3.25. The van der Waals surface area contributed by atoms with Gasteiger partial charge in [0.1, 0.15) is 0 Å². The van der Waals surface area contributed by atoms with Crippen molar-refractivity contribution in [1.82, 2.24) is 5.32 Å². The number of nitrogen functional groups attached to an aromatic ring is 1. The summed E-state index contributed by atoms with van der Waals surface area (Å²) in [5.41, 5.74) is 8.39. The van der Waals surface area contributed by atoms with Crippen molar-refractivity contribution in [2.75, 3.05) is 11.1 Å². The first-order valence-electron chi connectivity index (χ1n) is 16.9. The van der Waals surface area contributed by atoms with E-state index in [-0.39, 0.29) is 17.9 Å². The minimum atomic E-state index is -0.201. The molecule has 228 valence electrons. The summed E-state index contributed by atoms with van der Waals surface area (Å²) >= 11 is 0. The molecule has 0 aliphatic heterocycles. The van der Waals surface area contributed by atoms with Crippen LogP contribution < -0.4 is 16.4 Å². The van der Waals surface area contributed by atoms with Crippen LogP contribution in [-0.2, 0) is 4.79 Å². The number of anilines is 2. The molecule has 5 nitrogen and oxygen atoms in total. The predicted octanol–water partition coefficient (Wildman–Crippen LogP) is 8.45. The zero-order valence-corrected chi connectivity index (χ0v) is 26.7. The summed E-state index contributed by atoms with van der Waals surface area (Å²) in [6.07, 6.45) is 15.9. The quantitative estimate of drug-likeness (QED) is 0.277. The number of nitrogens with one attached hydrogen (secondary N) is 2. The van der Waals surface area contributed by atoms with E-state index in [0.717, 1.165) is 48.3 Å². The van der Waals surface area contributed by atoms with Crippen LogP contribution in [0.4, 0.5) is 11.4 Å². The SMILES string of the molecule is CC(=O)Nc1cc(N)ccc1C(=O)NC1CC[C@@]2(C)C(CC[C@H]3[C@@H]4CC[C@H]([C@H](C)CCCC(C)C)[C@@]4(C)CC[C@@H]32)C1. The maximum atomic E-state index is 13.3. The van der Waals surface area contributed by atoms with Gasteiger partial charge in [0.2, 0.25) is 5.91 Å². The number of fused-ring (bicyclic) bond motifs is 5. The molecular weight excluding hydrogens is 506 g/mol. The van der Waals surface area contributed by atoms with Gasteiger partial charge in [0.25, 0.3) is 5.91 Å². The van der Waals surface area contributed by atoms with Gasteiger partial charge in [-0.3, -0.25) is 9.59 Å². The van der Waals surface area contributed by atoms with Crippen molar-refractivity contribution in [1.29, 1.82) is 0 Å². The van der Waals surface area contributed by atoms with Crippen LogP contribution in [0.1, 0.15) is 129 Å². The highest BCUT2D eigenvalue weighted by Crippen LogP contribution is 2.68. The molecule has 1 aromatic carbocycles. The van der Waals surface area contributed by atoms with Crippen molar-refractivity contribution in [3.8, 4) is 0 Å². The molecule has 0 spiro atoms. The van der Waals surface area contributed by atoms with E-state index in [2.05, 4.69) is 45.3 Å². The van der Waals surface area contributed by atoms with Crippen LogP contribution in [0.15, 0.2) is 18.2 Å². The molecule has 4 aliphatic carbocycles. The number of hydrogen-bond donors (Lipinski definition) is 3. The smallest absolute Gasteiger partial charge is 0.253 e. The van der Waals surface area contributed by atoms with Gasteiger partial charge in [0.05, 0.1) is 11.3 Å². The molecule has 41 heavy (non-hydrogen) atoms. The Morgan fingerprint density at radius 2 is 1.68 bits per heavy atom. The molecule has 0 saturated heterocycles. The molecule has 4 aliphatic rings.